The number of halogens is 2. The van der Waals surface area contributed by atoms with E-state index < -0.39 is 0 Å². The van der Waals surface area contributed by atoms with E-state index in [0.717, 1.165) is 0 Å². The lowest BCUT2D eigenvalue weighted by molar-refractivity contribution is 1.11. The van der Waals surface area contributed by atoms with Gasteiger partial charge >= 0.3 is 0 Å². The number of rotatable bonds is 3. The van der Waals surface area contributed by atoms with Crippen LogP contribution in [0.25, 0.3) is 0 Å². The van der Waals surface area contributed by atoms with Crippen LogP contribution in [0.2, 0.25) is 0 Å². The van der Waals surface area contributed by atoms with Gasteiger partial charge in [0.05, 0.1) is 5.69 Å². The predicted molar refractivity (Wildman–Crippen MR) is 102 cm³/mol. The fraction of sp³-hybridized carbons (Fsp3) is 0. The second kappa shape index (κ2) is 8.58. The predicted octanol–water partition coefficient (Wildman–Crippen LogP) is 5.53. The minimum absolute atomic E-state index is 0. The first-order valence-corrected chi connectivity index (χ1v) is 7.59. The second-order valence-corrected chi connectivity index (χ2v) is 5.62. The zero-order valence-electron chi connectivity index (χ0n) is 11.9. The Balaban J connectivity index is 0.00000121. The molecule has 3 aromatic carbocycles. The molecule has 0 aliphatic rings. The molecular weight excluding hydrogens is 387 g/mol. The Labute approximate surface area is 146 Å². The van der Waals surface area contributed by atoms with Crippen LogP contribution in [0.1, 0.15) is 0 Å². The van der Waals surface area contributed by atoms with Crippen molar-refractivity contribution in [1.82, 2.24) is 0 Å². The lowest BCUT2D eigenvalue weighted by Crippen LogP contribution is -2.10. The van der Waals surface area contributed by atoms with Gasteiger partial charge in [0.25, 0.3) is 0 Å². The van der Waals surface area contributed by atoms with Gasteiger partial charge in [0.1, 0.15) is 0 Å². The average molecular weight is 402 g/mol. The first kappa shape index (κ1) is 18.2. The summed E-state index contributed by atoms with van der Waals surface area (Å²) in [6.07, 6.45) is 0. The lowest BCUT2D eigenvalue weighted by atomic mass is 10.2. The molecule has 109 valence electrons. The highest BCUT2D eigenvalue weighted by molar-refractivity contribution is 14.1. The minimum atomic E-state index is 0. The molecule has 0 spiro atoms. The maximum absolute atomic E-state index is 2.39. The molecule has 0 bridgehead atoms. The van der Waals surface area contributed by atoms with E-state index in [2.05, 4.69) is 100 Å². The minimum Gasteiger partial charge on any atom is -0.309 e. The Morgan fingerprint density at radius 3 is 1.45 bits per heavy atom. The largest absolute Gasteiger partial charge is 0.309 e. The maximum atomic E-state index is 2.39. The molecule has 0 atom stereocenters. The van der Waals surface area contributed by atoms with Crippen molar-refractivity contribution in [2.24, 2.45) is 0 Å². The molecule has 3 radical (unpaired) electrons. The molecule has 0 saturated heterocycles. The first-order chi connectivity index (χ1) is 9.86. The smallest absolute Gasteiger partial charge is 0.0595 e. The summed E-state index contributed by atoms with van der Waals surface area (Å²) >= 11 is 2.39. The van der Waals surface area contributed by atoms with E-state index in [1.54, 1.807) is 0 Å². The van der Waals surface area contributed by atoms with Crippen molar-refractivity contribution in [2.75, 3.05) is 4.90 Å². The number of para-hydroxylation sites is 3. The van der Waals surface area contributed by atoms with Gasteiger partial charge in [0, 0.05) is 23.4 Å². The van der Waals surface area contributed by atoms with Gasteiger partial charge < -0.3 is 4.90 Å². The van der Waals surface area contributed by atoms with Crippen molar-refractivity contribution in [3.63, 3.8) is 0 Å². The zero-order chi connectivity index (χ0) is 13.8. The molecule has 0 unspecified atom stereocenters. The zero-order valence-corrected chi connectivity index (χ0v) is 14.1. The van der Waals surface area contributed by atoms with E-state index in [9.17, 15) is 0 Å². The van der Waals surface area contributed by atoms with Crippen molar-refractivity contribution in [3.8, 4) is 0 Å². The number of hydrogen-bond acceptors (Lipinski definition) is 1. The SMILES string of the molecule is F.Ic1ccccc1N(c1ccccc1)c1ccccc1.[B]. The highest BCUT2D eigenvalue weighted by atomic mass is 127. The number of benzene rings is 3. The summed E-state index contributed by atoms with van der Waals surface area (Å²) < 4.78 is 1.23. The van der Waals surface area contributed by atoms with Gasteiger partial charge in [-0.25, -0.2) is 0 Å². The van der Waals surface area contributed by atoms with E-state index in [4.69, 9.17) is 0 Å². The van der Waals surface area contributed by atoms with E-state index in [-0.39, 0.29) is 13.1 Å². The molecule has 0 saturated carbocycles. The van der Waals surface area contributed by atoms with Gasteiger partial charge in [-0.2, -0.15) is 0 Å². The first-order valence-electron chi connectivity index (χ1n) is 6.51. The van der Waals surface area contributed by atoms with Crippen LogP contribution in [0.4, 0.5) is 21.8 Å². The molecule has 0 N–H and O–H groups in total. The highest BCUT2D eigenvalue weighted by Gasteiger charge is 2.13. The number of nitrogens with zero attached hydrogens (tertiary/aromatic N) is 1. The summed E-state index contributed by atoms with van der Waals surface area (Å²) in [5.41, 5.74) is 3.54. The van der Waals surface area contributed by atoms with Gasteiger partial charge in [-0.1, -0.05) is 48.5 Å². The van der Waals surface area contributed by atoms with Gasteiger partial charge in [0.15, 0.2) is 0 Å². The standard InChI is InChI=1S/C18H14IN.B.FH/c19-17-13-7-8-14-18(17)20(15-9-3-1-4-10-15)16-11-5-2-6-12-16;;/h1-14H;;1H. The Bertz CT molecular complexity index is 652. The number of hydrogen-bond donors (Lipinski definition) is 0. The summed E-state index contributed by atoms with van der Waals surface area (Å²) in [5, 5.41) is 0. The second-order valence-electron chi connectivity index (χ2n) is 4.46. The molecule has 0 heterocycles. The van der Waals surface area contributed by atoms with Crippen LogP contribution in [0.15, 0.2) is 84.9 Å². The van der Waals surface area contributed by atoms with Crippen LogP contribution in [0.3, 0.4) is 0 Å². The molecule has 3 rings (SSSR count). The van der Waals surface area contributed by atoms with Crippen molar-refractivity contribution >= 4 is 48.1 Å². The quantitative estimate of drug-likeness (QED) is 0.411. The topological polar surface area (TPSA) is 3.24 Å². The Kier molecular flexibility index (Phi) is 7.12. The molecule has 4 heteroatoms. The summed E-state index contributed by atoms with van der Waals surface area (Å²) in [5.74, 6) is 0. The molecule has 1 nitrogen and oxygen atoms in total. The van der Waals surface area contributed by atoms with Crippen molar-refractivity contribution in [3.05, 3.63) is 88.5 Å². The monoisotopic (exact) mass is 402 g/mol. The normalized spacial score (nSPS) is 9.32. The molecule has 0 fully saturated rings. The molecular formula is C18H15BFIN. The lowest BCUT2D eigenvalue weighted by Gasteiger charge is -2.26. The summed E-state index contributed by atoms with van der Waals surface area (Å²) in [7, 11) is 0. The van der Waals surface area contributed by atoms with Gasteiger partial charge in [-0.05, 0) is 59.0 Å². The Morgan fingerprint density at radius 1 is 0.591 bits per heavy atom. The third-order valence-corrected chi connectivity index (χ3v) is 4.03. The molecule has 0 aromatic heterocycles. The van der Waals surface area contributed by atoms with Crippen molar-refractivity contribution < 1.29 is 4.70 Å². The molecule has 0 amide bonds. The Hall–Kier alpha value is -1.82. The fourth-order valence-electron chi connectivity index (χ4n) is 2.21. The van der Waals surface area contributed by atoms with Crippen LogP contribution in [0, 0.1) is 3.57 Å². The van der Waals surface area contributed by atoms with Gasteiger partial charge in [-0.3, -0.25) is 4.70 Å². The van der Waals surface area contributed by atoms with E-state index in [0.29, 0.717) is 0 Å². The van der Waals surface area contributed by atoms with E-state index in [1.807, 2.05) is 12.1 Å². The fourth-order valence-corrected chi connectivity index (χ4v) is 2.84. The summed E-state index contributed by atoms with van der Waals surface area (Å²) in [6, 6.07) is 29.3. The maximum Gasteiger partial charge on any atom is 0.0595 e. The van der Waals surface area contributed by atoms with Crippen LogP contribution >= 0.6 is 22.6 Å². The highest BCUT2D eigenvalue weighted by Crippen LogP contribution is 2.36. The average Bonchev–Trinajstić information content (AvgIpc) is 2.52. The van der Waals surface area contributed by atoms with Gasteiger partial charge in [-0.15, -0.1) is 0 Å². The van der Waals surface area contributed by atoms with E-state index in [1.165, 1.54) is 20.6 Å². The molecule has 0 aliphatic heterocycles. The van der Waals surface area contributed by atoms with Crippen LogP contribution in [-0.4, -0.2) is 8.41 Å². The van der Waals surface area contributed by atoms with Crippen LogP contribution in [0.5, 0.6) is 0 Å². The van der Waals surface area contributed by atoms with Crippen molar-refractivity contribution in [2.45, 2.75) is 0 Å². The third kappa shape index (κ3) is 3.88. The number of anilines is 3. The Morgan fingerprint density at radius 2 is 1.00 bits per heavy atom. The summed E-state index contributed by atoms with van der Waals surface area (Å²) in [4.78, 5) is 2.28. The molecule has 3 aromatic rings. The third-order valence-electron chi connectivity index (χ3n) is 3.12. The van der Waals surface area contributed by atoms with Crippen LogP contribution < -0.4 is 4.90 Å². The van der Waals surface area contributed by atoms with E-state index >= 15 is 0 Å². The van der Waals surface area contributed by atoms with Crippen molar-refractivity contribution in [1.29, 1.82) is 0 Å². The van der Waals surface area contributed by atoms with Crippen LogP contribution in [-0.2, 0) is 0 Å². The van der Waals surface area contributed by atoms with Gasteiger partial charge in [0.2, 0.25) is 0 Å². The summed E-state index contributed by atoms with van der Waals surface area (Å²) in [6.45, 7) is 0. The molecule has 0 aliphatic carbocycles. The molecule has 22 heavy (non-hydrogen) atoms.